The third-order valence-corrected chi connectivity index (χ3v) is 1.49. The van der Waals surface area contributed by atoms with E-state index in [9.17, 15) is 5.11 Å². The molecule has 0 aromatic carbocycles. The van der Waals surface area contributed by atoms with Crippen LogP contribution in [-0.4, -0.2) is 17.2 Å². The second kappa shape index (κ2) is 3.23. The Balaban J connectivity index is 2.99. The lowest BCUT2D eigenvalue weighted by Crippen LogP contribution is -1.89. The first kappa shape index (κ1) is 7.85. The molecule has 11 heavy (non-hydrogen) atoms. The maximum atomic E-state index is 9.28. The first-order valence-electron chi connectivity index (χ1n) is 3.49. The molecule has 0 fully saturated rings. The molecule has 1 heterocycles. The maximum absolute atomic E-state index is 9.28. The molecule has 0 atom stereocenters. The van der Waals surface area contributed by atoms with Crippen molar-refractivity contribution < 1.29 is 9.84 Å². The molecule has 0 spiro atoms. The Morgan fingerprint density at radius 3 is 2.82 bits per heavy atom. The first-order chi connectivity index (χ1) is 5.27. The van der Waals surface area contributed by atoms with E-state index in [1.807, 2.05) is 6.92 Å². The van der Waals surface area contributed by atoms with Crippen LogP contribution in [-0.2, 0) is 6.42 Å². The molecular weight excluding hydrogens is 142 g/mol. The van der Waals surface area contributed by atoms with Gasteiger partial charge in [-0.15, -0.1) is 0 Å². The van der Waals surface area contributed by atoms with Gasteiger partial charge in [0.05, 0.1) is 19.0 Å². The van der Waals surface area contributed by atoms with E-state index in [1.54, 1.807) is 19.4 Å². The molecule has 3 nitrogen and oxygen atoms in total. The number of methoxy groups -OCH3 is 1. The highest BCUT2D eigenvalue weighted by molar-refractivity contribution is 5.33. The van der Waals surface area contributed by atoms with Crippen molar-refractivity contribution in [2.75, 3.05) is 7.11 Å². The number of ether oxygens (including phenoxy) is 1. The zero-order valence-electron chi connectivity index (χ0n) is 6.66. The largest absolute Gasteiger partial charge is 0.506 e. The highest BCUT2D eigenvalue weighted by atomic mass is 16.5. The predicted molar refractivity (Wildman–Crippen MR) is 41.8 cm³/mol. The van der Waals surface area contributed by atoms with Crippen molar-refractivity contribution >= 4 is 0 Å². The monoisotopic (exact) mass is 153 g/mol. The Morgan fingerprint density at radius 2 is 2.36 bits per heavy atom. The summed E-state index contributed by atoms with van der Waals surface area (Å²) >= 11 is 0. The predicted octanol–water partition coefficient (Wildman–Crippen LogP) is 1.36. The fourth-order valence-corrected chi connectivity index (χ4v) is 0.847. The number of rotatable bonds is 2. The van der Waals surface area contributed by atoms with Gasteiger partial charge in [0.2, 0.25) is 0 Å². The molecule has 3 heteroatoms. The van der Waals surface area contributed by atoms with Gasteiger partial charge in [-0.3, -0.25) is 4.98 Å². The Bertz CT molecular complexity index is 248. The molecule has 0 saturated heterocycles. The smallest absolute Gasteiger partial charge is 0.140 e. The van der Waals surface area contributed by atoms with Crippen molar-refractivity contribution in [3.63, 3.8) is 0 Å². The average molecular weight is 153 g/mol. The zero-order chi connectivity index (χ0) is 8.27. The number of pyridine rings is 1. The molecule has 1 aromatic rings. The number of aromatic hydroxyl groups is 1. The van der Waals surface area contributed by atoms with Gasteiger partial charge < -0.3 is 9.84 Å². The summed E-state index contributed by atoms with van der Waals surface area (Å²) in [6, 6.07) is 1.56. The van der Waals surface area contributed by atoms with Crippen LogP contribution in [0.15, 0.2) is 12.3 Å². The number of aryl methyl sites for hydroxylation is 1. The molecule has 0 saturated carbocycles. The quantitative estimate of drug-likeness (QED) is 0.697. The van der Waals surface area contributed by atoms with Crippen LogP contribution in [0.2, 0.25) is 0 Å². The van der Waals surface area contributed by atoms with Gasteiger partial charge in [-0.05, 0) is 6.42 Å². The van der Waals surface area contributed by atoms with Gasteiger partial charge in [0.1, 0.15) is 11.5 Å². The van der Waals surface area contributed by atoms with Crippen molar-refractivity contribution in [2.45, 2.75) is 13.3 Å². The topological polar surface area (TPSA) is 42.4 Å². The molecular formula is C8H11NO2. The number of nitrogens with zero attached hydrogens (tertiary/aromatic N) is 1. The third-order valence-electron chi connectivity index (χ3n) is 1.49. The zero-order valence-corrected chi connectivity index (χ0v) is 6.66. The van der Waals surface area contributed by atoms with E-state index in [4.69, 9.17) is 4.74 Å². The molecule has 0 amide bonds. The van der Waals surface area contributed by atoms with Crippen molar-refractivity contribution in [3.8, 4) is 11.5 Å². The number of aromatic nitrogens is 1. The summed E-state index contributed by atoms with van der Waals surface area (Å²) in [6.07, 6.45) is 2.33. The van der Waals surface area contributed by atoms with Crippen LogP contribution in [0.5, 0.6) is 11.5 Å². The molecule has 0 unspecified atom stereocenters. The van der Waals surface area contributed by atoms with Gasteiger partial charge in [-0.25, -0.2) is 0 Å². The van der Waals surface area contributed by atoms with Gasteiger partial charge in [-0.2, -0.15) is 0 Å². The third kappa shape index (κ3) is 1.61. The normalized spacial score (nSPS) is 9.64. The second-order valence-corrected chi connectivity index (χ2v) is 2.19. The van der Waals surface area contributed by atoms with Crippen LogP contribution >= 0.6 is 0 Å². The van der Waals surface area contributed by atoms with Crippen LogP contribution in [0.1, 0.15) is 12.6 Å². The van der Waals surface area contributed by atoms with Gasteiger partial charge in [0, 0.05) is 6.07 Å². The van der Waals surface area contributed by atoms with E-state index in [-0.39, 0.29) is 5.75 Å². The average Bonchev–Trinajstić information content (AvgIpc) is 2.04. The summed E-state index contributed by atoms with van der Waals surface area (Å²) in [5.74, 6) is 0.784. The standard InChI is InChI=1S/C8H11NO2/c1-3-7-8(10)4-6(11-2)5-9-7/h4-5,10H,3H2,1-2H3. The summed E-state index contributed by atoms with van der Waals surface area (Å²) < 4.78 is 4.87. The lowest BCUT2D eigenvalue weighted by Gasteiger charge is -2.02. The van der Waals surface area contributed by atoms with Crippen LogP contribution < -0.4 is 4.74 Å². The Morgan fingerprint density at radius 1 is 1.64 bits per heavy atom. The lowest BCUT2D eigenvalue weighted by atomic mass is 10.2. The van der Waals surface area contributed by atoms with Crippen molar-refractivity contribution in [2.24, 2.45) is 0 Å². The van der Waals surface area contributed by atoms with Crippen LogP contribution in [0, 0.1) is 0 Å². The minimum atomic E-state index is 0.201. The van der Waals surface area contributed by atoms with Crippen molar-refractivity contribution in [1.29, 1.82) is 0 Å². The van der Waals surface area contributed by atoms with Gasteiger partial charge >= 0.3 is 0 Å². The van der Waals surface area contributed by atoms with E-state index >= 15 is 0 Å². The molecule has 1 N–H and O–H groups in total. The first-order valence-corrected chi connectivity index (χ1v) is 3.49. The van der Waals surface area contributed by atoms with Gasteiger partial charge in [0.15, 0.2) is 0 Å². The minimum absolute atomic E-state index is 0.201. The highest BCUT2D eigenvalue weighted by Gasteiger charge is 2.00. The molecule has 1 aromatic heterocycles. The molecule has 1 rings (SSSR count). The fraction of sp³-hybridized carbons (Fsp3) is 0.375. The summed E-state index contributed by atoms with van der Waals surface area (Å²) in [7, 11) is 1.54. The molecule has 0 aliphatic carbocycles. The van der Waals surface area contributed by atoms with E-state index < -0.39 is 0 Å². The van der Waals surface area contributed by atoms with Gasteiger partial charge in [-0.1, -0.05) is 6.92 Å². The number of hydrogen-bond donors (Lipinski definition) is 1. The Hall–Kier alpha value is -1.25. The van der Waals surface area contributed by atoms with E-state index in [0.717, 1.165) is 6.42 Å². The SMILES string of the molecule is CCc1ncc(OC)cc1O. The summed E-state index contributed by atoms with van der Waals surface area (Å²) in [5, 5.41) is 9.28. The highest BCUT2D eigenvalue weighted by Crippen LogP contribution is 2.20. The lowest BCUT2D eigenvalue weighted by molar-refractivity contribution is 0.403. The Kier molecular flexibility index (Phi) is 2.31. The Labute approximate surface area is 65.7 Å². The van der Waals surface area contributed by atoms with Crippen LogP contribution in [0.25, 0.3) is 0 Å². The molecule has 0 bridgehead atoms. The summed E-state index contributed by atoms with van der Waals surface area (Å²) in [6.45, 7) is 1.94. The summed E-state index contributed by atoms with van der Waals surface area (Å²) in [4.78, 5) is 3.99. The summed E-state index contributed by atoms with van der Waals surface area (Å²) in [5.41, 5.74) is 0.700. The maximum Gasteiger partial charge on any atom is 0.140 e. The second-order valence-electron chi connectivity index (χ2n) is 2.19. The van der Waals surface area contributed by atoms with E-state index in [1.165, 1.54) is 0 Å². The molecule has 60 valence electrons. The number of hydrogen-bond acceptors (Lipinski definition) is 3. The minimum Gasteiger partial charge on any atom is -0.506 e. The van der Waals surface area contributed by atoms with E-state index in [0.29, 0.717) is 11.4 Å². The van der Waals surface area contributed by atoms with Crippen LogP contribution in [0.3, 0.4) is 0 Å². The van der Waals surface area contributed by atoms with Crippen molar-refractivity contribution in [1.82, 2.24) is 4.98 Å². The molecule has 0 radical (unpaired) electrons. The van der Waals surface area contributed by atoms with E-state index in [2.05, 4.69) is 4.98 Å². The van der Waals surface area contributed by atoms with Gasteiger partial charge in [0.25, 0.3) is 0 Å². The fourth-order valence-electron chi connectivity index (χ4n) is 0.847. The molecule has 0 aliphatic heterocycles. The van der Waals surface area contributed by atoms with Crippen LogP contribution in [0.4, 0.5) is 0 Å². The molecule has 0 aliphatic rings. The van der Waals surface area contributed by atoms with Crippen molar-refractivity contribution in [3.05, 3.63) is 18.0 Å².